The Balaban J connectivity index is 2.67. The molecule has 0 amide bonds. The Kier molecular flexibility index (Phi) is 4.08. The molecule has 18 heavy (non-hydrogen) atoms. The van der Waals surface area contributed by atoms with Gasteiger partial charge in [0.15, 0.2) is 0 Å². The van der Waals surface area contributed by atoms with Gasteiger partial charge in [0, 0.05) is 16.1 Å². The standard InChI is InChI=1S/C16H23NS/c1-6-17-9-13-14(10(2)3)15-11(4)7-8-12(5)16(15)18-13/h7-8,10,17H,6,9H2,1-5H3. The number of nitrogens with one attached hydrogen (secondary N) is 1. The maximum Gasteiger partial charge on any atom is 0.0381 e. The molecule has 0 aliphatic rings. The van der Waals surface area contributed by atoms with Crippen LogP contribution in [0, 0.1) is 13.8 Å². The van der Waals surface area contributed by atoms with Crippen molar-refractivity contribution in [1.29, 1.82) is 0 Å². The molecule has 2 heteroatoms. The molecule has 0 fully saturated rings. The van der Waals surface area contributed by atoms with Crippen LogP contribution in [0.4, 0.5) is 0 Å². The second kappa shape index (κ2) is 5.41. The molecule has 0 saturated heterocycles. The largest absolute Gasteiger partial charge is 0.312 e. The van der Waals surface area contributed by atoms with Crippen molar-refractivity contribution in [3.63, 3.8) is 0 Å². The summed E-state index contributed by atoms with van der Waals surface area (Å²) in [5, 5.41) is 4.97. The molecule has 0 unspecified atom stereocenters. The third kappa shape index (κ3) is 2.32. The van der Waals surface area contributed by atoms with Crippen LogP contribution in [0.15, 0.2) is 12.1 Å². The predicted octanol–water partition coefficient (Wildman–Crippen LogP) is 4.75. The molecule has 0 bridgehead atoms. The van der Waals surface area contributed by atoms with E-state index in [1.54, 1.807) is 5.56 Å². The predicted molar refractivity (Wildman–Crippen MR) is 82.8 cm³/mol. The van der Waals surface area contributed by atoms with Gasteiger partial charge < -0.3 is 5.32 Å². The zero-order valence-corrected chi connectivity index (χ0v) is 12.9. The van der Waals surface area contributed by atoms with E-state index in [9.17, 15) is 0 Å². The van der Waals surface area contributed by atoms with Crippen molar-refractivity contribution in [2.75, 3.05) is 6.54 Å². The summed E-state index contributed by atoms with van der Waals surface area (Å²) in [6, 6.07) is 4.50. The highest BCUT2D eigenvalue weighted by Crippen LogP contribution is 2.39. The van der Waals surface area contributed by atoms with E-state index in [0.29, 0.717) is 5.92 Å². The Morgan fingerprint density at radius 3 is 2.44 bits per heavy atom. The number of rotatable bonds is 4. The first-order valence-corrected chi connectivity index (χ1v) is 7.60. The number of fused-ring (bicyclic) bond motifs is 1. The number of hydrogen-bond donors (Lipinski definition) is 1. The number of benzene rings is 1. The van der Waals surface area contributed by atoms with E-state index >= 15 is 0 Å². The lowest BCUT2D eigenvalue weighted by Crippen LogP contribution is -2.12. The van der Waals surface area contributed by atoms with Crippen molar-refractivity contribution in [2.45, 2.75) is 47.1 Å². The van der Waals surface area contributed by atoms with Crippen LogP contribution in [0.2, 0.25) is 0 Å². The van der Waals surface area contributed by atoms with Gasteiger partial charge in [-0.1, -0.05) is 32.9 Å². The summed E-state index contributed by atoms with van der Waals surface area (Å²) in [5.41, 5.74) is 4.38. The summed E-state index contributed by atoms with van der Waals surface area (Å²) in [5.74, 6) is 0.591. The fraction of sp³-hybridized carbons (Fsp3) is 0.500. The van der Waals surface area contributed by atoms with E-state index in [0.717, 1.165) is 13.1 Å². The molecular formula is C16H23NS. The molecule has 1 heterocycles. The van der Waals surface area contributed by atoms with Gasteiger partial charge in [0.25, 0.3) is 0 Å². The molecule has 1 aromatic heterocycles. The smallest absolute Gasteiger partial charge is 0.0381 e. The Morgan fingerprint density at radius 2 is 1.83 bits per heavy atom. The van der Waals surface area contributed by atoms with Gasteiger partial charge in [0.1, 0.15) is 0 Å². The lowest BCUT2D eigenvalue weighted by atomic mass is 9.95. The maximum atomic E-state index is 3.47. The van der Waals surface area contributed by atoms with Gasteiger partial charge in [-0.25, -0.2) is 0 Å². The normalized spacial score (nSPS) is 11.7. The Hall–Kier alpha value is -0.860. The van der Waals surface area contributed by atoms with Crippen LogP contribution in [0.25, 0.3) is 10.1 Å². The lowest BCUT2D eigenvalue weighted by Gasteiger charge is -2.10. The molecule has 0 atom stereocenters. The van der Waals surface area contributed by atoms with Crippen LogP contribution in [-0.2, 0) is 6.54 Å². The molecule has 1 N–H and O–H groups in total. The molecule has 0 spiro atoms. The summed E-state index contributed by atoms with van der Waals surface area (Å²) in [6.45, 7) is 13.3. The van der Waals surface area contributed by atoms with Crippen LogP contribution < -0.4 is 5.32 Å². The molecule has 1 aromatic carbocycles. The molecule has 0 radical (unpaired) electrons. The van der Waals surface area contributed by atoms with Crippen molar-refractivity contribution in [1.82, 2.24) is 5.32 Å². The second-order valence-corrected chi connectivity index (χ2v) is 6.38. The van der Waals surface area contributed by atoms with Crippen molar-refractivity contribution in [3.05, 3.63) is 33.7 Å². The highest BCUT2D eigenvalue weighted by Gasteiger charge is 2.17. The minimum Gasteiger partial charge on any atom is -0.312 e. The van der Waals surface area contributed by atoms with Crippen molar-refractivity contribution in [3.8, 4) is 0 Å². The molecular weight excluding hydrogens is 238 g/mol. The monoisotopic (exact) mass is 261 g/mol. The lowest BCUT2D eigenvalue weighted by molar-refractivity contribution is 0.723. The van der Waals surface area contributed by atoms with Crippen LogP contribution in [-0.4, -0.2) is 6.54 Å². The fourth-order valence-electron chi connectivity index (χ4n) is 2.55. The Morgan fingerprint density at radius 1 is 1.17 bits per heavy atom. The van der Waals surface area contributed by atoms with Gasteiger partial charge in [-0.05, 0) is 48.4 Å². The van der Waals surface area contributed by atoms with E-state index in [1.165, 1.54) is 26.1 Å². The highest BCUT2D eigenvalue weighted by molar-refractivity contribution is 7.19. The summed E-state index contributed by atoms with van der Waals surface area (Å²) >= 11 is 1.97. The first-order chi connectivity index (χ1) is 8.56. The van der Waals surface area contributed by atoms with E-state index in [2.05, 4.69) is 52.1 Å². The second-order valence-electron chi connectivity index (χ2n) is 5.28. The number of hydrogen-bond acceptors (Lipinski definition) is 2. The summed E-state index contributed by atoms with van der Waals surface area (Å²) in [7, 11) is 0. The topological polar surface area (TPSA) is 12.0 Å². The zero-order chi connectivity index (χ0) is 13.3. The number of aryl methyl sites for hydroxylation is 2. The van der Waals surface area contributed by atoms with Gasteiger partial charge in [0.05, 0.1) is 0 Å². The minimum atomic E-state index is 0.591. The summed E-state index contributed by atoms with van der Waals surface area (Å²) in [4.78, 5) is 1.51. The van der Waals surface area contributed by atoms with Crippen LogP contribution >= 0.6 is 11.3 Å². The summed E-state index contributed by atoms with van der Waals surface area (Å²) < 4.78 is 1.48. The first-order valence-electron chi connectivity index (χ1n) is 6.78. The third-order valence-electron chi connectivity index (χ3n) is 3.47. The average Bonchev–Trinajstić information content (AvgIpc) is 2.72. The first kappa shape index (κ1) is 13.6. The van der Waals surface area contributed by atoms with Gasteiger partial charge in [-0.2, -0.15) is 0 Å². The molecule has 1 nitrogen and oxygen atoms in total. The molecule has 98 valence electrons. The third-order valence-corrected chi connectivity index (χ3v) is 4.81. The molecule has 2 rings (SSSR count). The zero-order valence-electron chi connectivity index (χ0n) is 12.1. The van der Waals surface area contributed by atoms with E-state index in [1.807, 2.05) is 11.3 Å². The van der Waals surface area contributed by atoms with Gasteiger partial charge >= 0.3 is 0 Å². The fourth-order valence-corrected chi connectivity index (χ4v) is 4.02. The highest BCUT2D eigenvalue weighted by atomic mass is 32.1. The summed E-state index contributed by atoms with van der Waals surface area (Å²) in [6.07, 6.45) is 0. The molecule has 0 aliphatic heterocycles. The Labute approximate surface area is 114 Å². The van der Waals surface area contributed by atoms with Crippen LogP contribution in [0.1, 0.15) is 48.3 Å². The van der Waals surface area contributed by atoms with Gasteiger partial charge in [-0.3, -0.25) is 0 Å². The van der Waals surface area contributed by atoms with Crippen molar-refractivity contribution in [2.24, 2.45) is 0 Å². The van der Waals surface area contributed by atoms with Crippen LogP contribution in [0.5, 0.6) is 0 Å². The number of thiophene rings is 1. The molecule has 0 saturated carbocycles. The van der Waals surface area contributed by atoms with Gasteiger partial charge in [-0.15, -0.1) is 11.3 Å². The molecule has 0 aliphatic carbocycles. The van der Waals surface area contributed by atoms with E-state index in [-0.39, 0.29) is 0 Å². The van der Waals surface area contributed by atoms with Gasteiger partial charge in [0.2, 0.25) is 0 Å². The average molecular weight is 261 g/mol. The SMILES string of the molecule is CCNCc1sc2c(C)ccc(C)c2c1C(C)C. The molecule has 2 aromatic rings. The van der Waals surface area contributed by atoms with E-state index < -0.39 is 0 Å². The Bertz CT molecular complexity index is 552. The van der Waals surface area contributed by atoms with Crippen LogP contribution in [0.3, 0.4) is 0 Å². The quantitative estimate of drug-likeness (QED) is 0.837. The van der Waals surface area contributed by atoms with Crippen molar-refractivity contribution < 1.29 is 0 Å². The maximum absolute atomic E-state index is 3.47. The van der Waals surface area contributed by atoms with E-state index in [4.69, 9.17) is 0 Å². The van der Waals surface area contributed by atoms with Crippen molar-refractivity contribution >= 4 is 21.4 Å². The minimum absolute atomic E-state index is 0.591.